The third kappa shape index (κ3) is 3.78. The summed E-state index contributed by atoms with van der Waals surface area (Å²) in [5.41, 5.74) is 9.12. The number of hydrogen-bond acceptors (Lipinski definition) is 4. The number of hydrogen-bond donors (Lipinski definition) is 1. The molecule has 0 amide bonds. The van der Waals surface area contributed by atoms with E-state index in [1.54, 1.807) is 0 Å². The third-order valence-corrected chi connectivity index (χ3v) is 4.51. The van der Waals surface area contributed by atoms with Gasteiger partial charge in [0.2, 0.25) is 0 Å². The van der Waals surface area contributed by atoms with Gasteiger partial charge in [0.25, 0.3) is 0 Å². The molecule has 2 heterocycles. The summed E-state index contributed by atoms with van der Waals surface area (Å²) in [5, 5.41) is 0. The zero-order valence-electron chi connectivity index (χ0n) is 13.2. The number of morpholine rings is 1. The molecule has 0 aliphatic carbocycles. The van der Waals surface area contributed by atoms with E-state index in [1.165, 1.54) is 37.0 Å². The summed E-state index contributed by atoms with van der Waals surface area (Å²) in [6.45, 7) is 7.40. The van der Waals surface area contributed by atoms with Crippen LogP contribution in [0.4, 0.5) is 11.4 Å². The lowest BCUT2D eigenvalue weighted by Gasteiger charge is -2.33. The molecule has 0 saturated carbocycles. The predicted octanol–water partition coefficient (Wildman–Crippen LogP) is 1.78. The second-order valence-corrected chi connectivity index (χ2v) is 5.99. The van der Waals surface area contributed by atoms with E-state index in [0.717, 1.165) is 51.5 Å². The van der Waals surface area contributed by atoms with Gasteiger partial charge in [-0.1, -0.05) is 0 Å². The van der Waals surface area contributed by atoms with E-state index in [9.17, 15) is 0 Å². The van der Waals surface area contributed by atoms with Crippen LogP contribution < -0.4 is 10.6 Å². The predicted molar refractivity (Wildman–Crippen MR) is 91.2 cm³/mol. The summed E-state index contributed by atoms with van der Waals surface area (Å²) in [6, 6.07) is 6.43. The molecule has 120 valence electrons. The summed E-state index contributed by atoms with van der Waals surface area (Å²) in [6.07, 6.45) is 4.94. The molecule has 0 atom stereocenters. The molecular weight excluding hydrogens is 276 g/mol. The number of benzene rings is 1. The number of anilines is 1. The van der Waals surface area contributed by atoms with Crippen molar-refractivity contribution in [3.05, 3.63) is 23.8 Å². The summed E-state index contributed by atoms with van der Waals surface area (Å²) in [7, 11) is 0. The Balaban J connectivity index is 1.57. The van der Waals surface area contributed by atoms with Crippen LogP contribution in [-0.2, 0) is 11.2 Å². The minimum absolute atomic E-state index is 0.886. The van der Waals surface area contributed by atoms with Crippen LogP contribution in [0.25, 0.3) is 0 Å². The number of aliphatic imine (C=N–C) groups is 1. The molecule has 2 aliphatic heterocycles. The second-order valence-electron chi connectivity index (χ2n) is 5.99. The Morgan fingerprint density at radius 3 is 2.86 bits per heavy atom. The Kier molecular flexibility index (Phi) is 5.29. The lowest BCUT2D eigenvalue weighted by Crippen LogP contribution is -2.38. The molecule has 0 aromatic heterocycles. The van der Waals surface area contributed by atoms with E-state index in [2.05, 4.69) is 33.0 Å². The van der Waals surface area contributed by atoms with Crippen LogP contribution >= 0.6 is 0 Å². The van der Waals surface area contributed by atoms with Crippen molar-refractivity contribution in [3.8, 4) is 0 Å². The van der Waals surface area contributed by atoms with Gasteiger partial charge in [0.15, 0.2) is 0 Å². The Bertz CT molecular complexity index is 511. The van der Waals surface area contributed by atoms with E-state index in [-0.39, 0.29) is 0 Å². The van der Waals surface area contributed by atoms with Gasteiger partial charge in [0, 0.05) is 38.4 Å². The second kappa shape index (κ2) is 7.61. The Morgan fingerprint density at radius 2 is 2.05 bits per heavy atom. The van der Waals surface area contributed by atoms with Crippen LogP contribution in [0.3, 0.4) is 0 Å². The molecule has 22 heavy (non-hydrogen) atoms. The van der Waals surface area contributed by atoms with Crippen molar-refractivity contribution in [2.24, 2.45) is 10.7 Å². The SMILES string of the molecule is NC=Nc1ccc2c(c1)CCCN2CCCN1CCOCC1. The zero-order chi connectivity index (χ0) is 15.2. The van der Waals surface area contributed by atoms with Crippen molar-refractivity contribution in [2.75, 3.05) is 50.8 Å². The van der Waals surface area contributed by atoms with Crippen LogP contribution in [-0.4, -0.2) is 57.2 Å². The average molecular weight is 302 g/mol. The van der Waals surface area contributed by atoms with Gasteiger partial charge in [-0.25, -0.2) is 4.99 Å². The Hall–Kier alpha value is -1.59. The molecule has 1 saturated heterocycles. The van der Waals surface area contributed by atoms with Gasteiger partial charge < -0.3 is 15.4 Å². The molecule has 2 N–H and O–H groups in total. The van der Waals surface area contributed by atoms with Crippen LogP contribution in [0.2, 0.25) is 0 Å². The highest BCUT2D eigenvalue weighted by Crippen LogP contribution is 2.30. The van der Waals surface area contributed by atoms with E-state index >= 15 is 0 Å². The van der Waals surface area contributed by atoms with Crippen LogP contribution in [0.1, 0.15) is 18.4 Å². The molecule has 5 heteroatoms. The molecular formula is C17H26N4O. The molecule has 0 radical (unpaired) electrons. The normalized spacial score (nSPS) is 19.5. The Labute approximate surface area is 132 Å². The fourth-order valence-corrected chi connectivity index (χ4v) is 3.37. The van der Waals surface area contributed by atoms with Crippen LogP contribution in [0.15, 0.2) is 23.2 Å². The van der Waals surface area contributed by atoms with Crippen LogP contribution in [0.5, 0.6) is 0 Å². The van der Waals surface area contributed by atoms with E-state index in [1.807, 2.05) is 0 Å². The number of rotatable bonds is 5. The number of nitrogens with zero attached hydrogens (tertiary/aromatic N) is 3. The van der Waals surface area contributed by atoms with Crippen LogP contribution in [0, 0.1) is 0 Å². The number of ether oxygens (including phenoxy) is 1. The third-order valence-electron chi connectivity index (χ3n) is 4.51. The van der Waals surface area contributed by atoms with Gasteiger partial charge in [-0.05, 0) is 43.0 Å². The molecule has 1 aromatic rings. The smallest absolute Gasteiger partial charge is 0.0860 e. The molecule has 0 spiro atoms. The van der Waals surface area contributed by atoms with E-state index < -0.39 is 0 Å². The highest BCUT2D eigenvalue weighted by molar-refractivity contribution is 5.65. The topological polar surface area (TPSA) is 54.1 Å². The molecule has 3 rings (SSSR count). The molecule has 2 aliphatic rings. The monoisotopic (exact) mass is 302 g/mol. The number of aryl methyl sites for hydroxylation is 1. The lowest BCUT2D eigenvalue weighted by atomic mass is 10.0. The first-order valence-corrected chi connectivity index (χ1v) is 8.29. The lowest BCUT2D eigenvalue weighted by molar-refractivity contribution is 0.0376. The van der Waals surface area contributed by atoms with Gasteiger partial charge in [-0.15, -0.1) is 0 Å². The first kappa shape index (κ1) is 15.3. The standard InChI is InChI=1S/C17H26N4O/c18-14-19-16-4-5-17-15(13-16)3-1-7-21(17)8-2-6-20-9-11-22-12-10-20/h4-5,13-14H,1-3,6-12H2,(H2,18,19). The van der Waals surface area contributed by atoms with Crippen molar-refractivity contribution in [2.45, 2.75) is 19.3 Å². The molecule has 0 unspecified atom stereocenters. The highest BCUT2D eigenvalue weighted by Gasteiger charge is 2.17. The number of fused-ring (bicyclic) bond motifs is 1. The molecule has 1 aromatic carbocycles. The van der Waals surface area contributed by atoms with Crippen molar-refractivity contribution in [1.29, 1.82) is 0 Å². The van der Waals surface area contributed by atoms with E-state index in [0.29, 0.717) is 0 Å². The van der Waals surface area contributed by atoms with Crippen molar-refractivity contribution in [3.63, 3.8) is 0 Å². The molecule has 0 bridgehead atoms. The summed E-state index contributed by atoms with van der Waals surface area (Å²) in [5.74, 6) is 0. The summed E-state index contributed by atoms with van der Waals surface area (Å²) >= 11 is 0. The number of nitrogens with two attached hydrogens (primary N) is 1. The average Bonchev–Trinajstić information content (AvgIpc) is 2.56. The molecule has 1 fully saturated rings. The summed E-state index contributed by atoms with van der Waals surface area (Å²) in [4.78, 5) is 9.21. The van der Waals surface area contributed by atoms with Gasteiger partial charge >= 0.3 is 0 Å². The van der Waals surface area contributed by atoms with E-state index in [4.69, 9.17) is 10.5 Å². The fraction of sp³-hybridized carbons (Fsp3) is 0.588. The zero-order valence-corrected chi connectivity index (χ0v) is 13.2. The Morgan fingerprint density at radius 1 is 1.18 bits per heavy atom. The minimum Gasteiger partial charge on any atom is -0.390 e. The maximum atomic E-state index is 5.40. The highest BCUT2D eigenvalue weighted by atomic mass is 16.5. The van der Waals surface area contributed by atoms with Crippen molar-refractivity contribution < 1.29 is 4.74 Å². The van der Waals surface area contributed by atoms with Gasteiger partial charge in [-0.3, -0.25) is 4.90 Å². The van der Waals surface area contributed by atoms with Crippen molar-refractivity contribution in [1.82, 2.24) is 4.90 Å². The van der Waals surface area contributed by atoms with Gasteiger partial charge in [0.05, 0.1) is 25.2 Å². The maximum Gasteiger partial charge on any atom is 0.0860 e. The largest absolute Gasteiger partial charge is 0.390 e. The van der Waals surface area contributed by atoms with Crippen molar-refractivity contribution >= 4 is 17.7 Å². The van der Waals surface area contributed by atoms with Gasteiger partial charge in [-0.2, -0.15) is 0 Å². The maximum absolute atomic E-state index is 5.40. The molecule has 5 nitrogen and oxygen atoms in total. The van der Waals surface area contributed by atoms with Gasteiger partial charge in [0.1, 0.15) is 0 Å². The first-order chi connectivity index (χ1) is 10.9. The summed E-state index contributed by atoms with van der Waals surface area (Å²) < 4.78 is 5.40. The quantitative estimate of drug-likeness (QED) is 0.665. The first-order valence-electron chi connectivity index (χ1n) is 8.29. The minimum atomic E-state index is 0.886. The fourth-order valence-electron chi connectivity index (χ4n) is 3.37.